The van der Waals surface area contributed by atoms with E-state index in [2.05, 4.69) is 45.4 Å². The van der Waals surface area contributed by atoms with E-state index in [1.165, 1.54) is 5.39 Å². The van der Waals surface area contributed by atoms with Crippen molar-refractivity contribution in [3.63, 3.8) is 0 Å². The van der Waals surface area contributed by atoms with Crippen molar-refractivity contribution in [2.45, 2.75) is 23.4 Å². The molecule has 3 rings (SSSR count). The first-order chi connectivity index (χ1) is 10.2. The van der Waals surface area contributed by atoms with Crippen LogP contribution in [-0.2, 0) is 0 Å². The largest absolute Gasteiger partial charge is 0.370 e. The number of anilines is 2. The topological polar surface area (TPSA) is 79.6 Å². The number of rotatable bonds is 5. The van der Waals surface area contributed by atoms with E-state index < -0.39 is 0 Å². The Kier molecular flexibility index (Phi) is 3.96. The normalized spacial score (nSPS) is 10.9. The SMILES string of the molecule is CCCNc1cc(Sc2cc3ccccc3[nH]2)nc(N)n1. The van der Waals surface area contributed by atoms with Crippen LogP contribution in [0.4, 0.5) is 11.8 Å². The lowest BCUT2D eigenvalue weighted by atomic mass is 10.3. The predicted molar refractivity (Wildman–Crippen MR) is 87.6 cm³/mol. The second-order valence-electron chi connectivity index (χ2n) is 4.70. The minimum atomic E-state index is 0.287. The number of para-hydroxylation sites is 1. The summed E-state index contributed by atoms with van der Waals surface area (Å²) in [6.45, 7) is 2.98. The number of fused-ring (bicyclic) bond motifs is 1. The van der Waals surface area contributed by atoms with Crippen molar-refractivity contribution in [1.82, 2.24) is 15.0 Å². The fourth-order valence-electron chi connectivity index (χ4n) is 2.05. The third kappa shape index (κ3) is 3.28. The van der Waals surface area contributed by atoms with Gasteiger partial charge >= 0.3 is 0 Å². The highest BCUT2D eigenvalue weighted by molar-refractivity contribution is 7.99. The van der Waals surface area contributed by atoms with E-state index in [-0.39, 0.29) is 5.95 Å². The fraction of sp³-hybridized carbons (Fsp3) is 0.200. The Bertz CT molecular complexity index is 720. The molecular weight excluding hydrogens is 282 g/mol. The van der Waals surface area contributed by atoms with E-state index in [9.17, 15) is 0 Å². The second kappa shape index (κ2) is 6.05. The Labute approximate surface area is 127 Å². The number of aromatic amines is 1. The van der Waals surface area contributed by atoms with Gasteiger partial charge in [0.2, 0.25) is 5.95 Å². The zero-order valence-electron chi connectivity index (χ0n) is 11.8. The van der Waals surface area contributed by atoms with Crippen molar-refractivity contribution in [3.05, 3.63) is 36.4 Å². The average Bonchev–Trinajstić information content (AvgIpc) is 2.86. The first-order valence-electron chi connectivity index (χ1n) is 6.88. The summed E-state index contributed by atoms with van der Waals surface area (Å²) in [7, 11) is 0. The second-order valence-corrected chi connectivity index (χ2v) is 5.76. The van der Waals surface area contributed by atoms with Crippen LogP contribution in [-0.4, -0.2) is 21.5 Å². The van der Waals surface area contributed by atoms with Crippen LogP contribution in [0, 0.1) is 0 Å². The highest BCUT2D eigenvalue weighted by Crippen LogP contribution is 2.29. The summed E-state index contributed by atoms with van der Waals surface area (Å²) in [4.78, 5) is 11.8. The minimum Gasteiger partial charge on any atom is -0.370 e. The maximum Gasteiger partial charge on any atom is 0.223 e. The Balaban J connectivity index is 1.84. The van der Waals surface area contributed by atoms with Gasteiger partial charge in [-0.05, 0) is 18.6 Å². The monoisotopic (exact) mass is 299 g/mol. The smallest absolute Gasteiger partial charge is 0.223 e. The Hall–Kier alpha value is -2.21. The van der Waals surface area contributed by atoms with Crippen LogP contribution in [0.25, 0.3) is 10.9 Å². The zero-order chi connectivity index (χ0) is 14.7. The van der Waals surface area contributed by atoms with Crippen LogP contribution < -0.4 is 11.1 Å². The van der Waals surface area contributed by atoms with Crippen LogP contribution in [0.1, 0.15) is 13.3 Å². The van der Waals surface area contributed by atoms with E-state index in [0.29, 0.717) is 0 Å². The van der Waals surface area contributed by atoms with Gasteiger partial charge in [0.15, 0.2) is 0 Å². The third-order valence-electron chi connectivity index (χ3n) is 3.00. The number of aromatic nitrogens is 3. The van der Waals surface area contributed by atoms with Gasteiger partial charge in [0.25, 0.3) is 0 Å². The number of hydrogen-bond donors (Lipinski definition) is 3. The molecule has 0 spiro atoms. The third-order valence-corrected chi connectivity index (χ3v) is 3.85. The van der Waals surface area contributed by atoms with Gasteiger partial charge < -0.3 is 16.0 Å². The quantitative estimate of drug-likeness (QED) is 0.628. The lowest BCUT2D eigenvalue weighted by Crippen LogP contribution is -2.05. The molecule has 5 nitrogen and oxygen atoms in total. The molecule has 21 heavy (non-hydrogen) atoms. The highest BCUT2D eigenvalue weighted by Gasteiger charge is 2.06. The molecule has 0 aliphatic rings. The summed E-state index contributed by atoms with van der Waals surface area (Å²) < 4.78 is 0. The highest BCUT2D eigenvalue weighted by atomic mass is 32.2. The van der Waals surface area contributed by atoms with Crippen LogP contribution in [0.5, 0.6) is 0 Å². The van der Waals surface area contributed by atoms with Crippen molar-refractivity contribution >= 4 is 34.4 Å². The van der Waals surface area contributed by atoms with E-state index in [1.807, 2.05) is 18.2 Å². The van der Waals surface area contributed by atoms with Crippen LogP contribution in [0.3, 0.4) is 0 Å². The summed E-state index contributed by atoms with van der Waals surface area (Å²) in [5, 5.41) is 6.28. The summed E-state index contributed by atoms with van der Waals surface area (Å²) >= 11 is 1.55. The molecule has 0 atom stereocenters. The Morgan fingerprint density at radius 2 is 2.10 bits per heavy atom. The zero-order valence-corrected chi connectivity index (χ0v) is 12.6. The summed E-state index contributed by atoms with van der Waals surface area (Å²) in [5.74, 6) is 1.05. The van der Waals surface area contributed by atoms with Crippen LogP contribution >= 0.6 is 11.8 Å². The number of hydrogen-bond acceptors (Lipinski definition) is 5. The van der Waals surface area contributed by atoms with E-state index >= 15 is 0 Å². The molecule has 0 radical (unpaired) electrons. The predicted octanol–water partition coefficient (Wildman–Crippen LogP) is 3.51. The molecule has 0 saturated heterocycles. The van der Waals surface area contributed by atoms with Gasteiger partial charge in [0, 0.05) is 23.5 Å². The Morgan fingerprint density at radius 1 is 1.24 bits per heavy atom. The molecule has 1 aromatic carbocycles. The van der Waals surface area contributed by atoms with Gasteiger partial charge in [-0.15, -0.1) is 0 Å². The molecule has 0 bridgehead atoms. The van der Waals surface area contributed by atoms with Gasteiger partial charge in [0.05, 0.1) is 5.03 Å². The number of nitrogens with two attached hydrogens (primary N) is 1. The number of H-pyrrole nitrogens is 1. The molecule has 4 N–H and O–H groups in total. The molecule has 6 heteroatoms. The lowest BCUT2D eigenvalue weighted by molar-refractivity contribution is 0.956. The maximum atomic E-state index is 5.77. The minimum absolute atomic E-state index is 0.287. The van der Waals surface area contributed by atoms with E-state index in [1.54, 1.807) is 11.8 Å². The number of nitrogens with zero attached hydrogens (tertiary/aromatic N) is 2. The lowest BCUT2D eigenvalue weighted by Gasteiger charge is -2.06. The van der Waals surface area contributed by atoms with E-state index in [0.717, 1.165) is 34.4 Å². The van der Waals surface area contributed by atoms with Crippen molar-refractivity contribution in [2.75, 3.05) is 17.6 Å². The summed E-state index contributed by atoms with van der Waals surface area (Å²) in [6, 6.07) is 12.2. The molecule has 0 unspecified atom stereocenters. The molecule has 2 heterocycles. The number of benzene rings is 1. The number of nitrogen functional groups attached to an aromatic ring is 1. The van der Waals surface area contributed by atoms with E-state index in [4.69, 9.17) is 5.73 Å². The van der Waals surface area contributed by atoms with Crippen LogP contribution in [0.15, 0.2) is 46.5 Å². The fourth-order valence-corrected chi connectivity index (χ4v) is 2.94. The first-order valence-corrected chi connectivity index (χ1v) is 7.70. The molecule has 0 amide bonds. The van der Waals surface area contributed by atoms with Crippen molar-refractivity contribution in [3.8, 4) is 0 Å². The molecule has 2 aromatic heterocycles. The molecule has 0 fully saturated rings. The van der Waals surface area contributed by atoms with Crippen LogP contribution in [0.2, 0.25) is 0 Å². The first kappa shape index (κ1) is 13.8. The summed E-state index contributed by atoms with van der Waals surface area (Å²) in [6.07, 6.45) is 1.04. The average molecular weight is 299 g/mol. The molecule has 108 valence electrons. The van der Waals surface area contributed by atoms with Crippen molar-refractivity contribution in [1.29, 1.82) is 0 Å². The van der Waals surface area contributed by atoms with Gasteiger partial charge in [-0.25, -0.2) is 4.98 Å². The number of nitrogens with one attached hydrogen (secondary N) is 2. The van der Waals surface area contributed by atoms with Gasteiger partial charge in [-0.3, -0.25) is 0 Å². The van der Waals surface area contributed by atoms with Gasteiger partial charge in [-0.2, -0.15) is 4.98 Å². The molecule has 3 aromatic rings. The van der Waals surface area contributed by atoms with Gasteiger partial charge in [-0.1, -0.05) is 36.9 Å². The van der Waals surface area contributed by atoms with Gasteiger partial charge in [0.1, 0.15) is 10.8 Å². The molecule has 0 aliphatic carbocycles. The maximum absolute atomic E-state index is 5.77. The molecule has 0 aliphatic heterocycles. The Morgan fingerprint density at radius 3 is 2.90 bits per heavy atom. The molecule has 0 saturated carbocycles. The standard InChI is InChI=1S/C15H17N5S/c1-2-7-17-12-9-14(20-15(16)19-12)21-13-8-10-5-3-4-6-11(10)18-13/h3-6,8-9,18H,2,7H2,1H3,(H3,16,17,19,20). The summed E-state index contributed by atoms with van der Waals surface area (Å²) in [5.41, 5.74) is 6.89. The van der Waals surface area contributed by atoms with Crippen molar-refractivity contribution in [2.24, 2.45) is 0 Å². The molecular formula is C15H17N5S. The van der Waals surface area contributed by atoms with Crippen molar-refractivity contribution < 1.29 is 0 Å².